The summed E-state index contributed by atoms with van der Waals surface area (Å²) in [4.78, 5) is 4.81. The number of hydrogen-bond donors (Lipinski definition) is 1. The Morgan fingerprint density at radius 1 is 1.46 bits per heavy atom. The molecule has 0 radical (unpaired) electrons. The summed E-state index contributed by atoms with van der Waals surface area (Å²) >= 11 is 0. The Hall–Kier alpha value is -0.120. The van der Waals surface area contributed by atoms with Crippen LogP contribution >= 0.6 is 0 Å². The summed E-state index contributed by atoms with van der Waals surface area (Å²) in [7, 11) is 2.17. The second-order valence-electron chi connectivity index (χ2n) is 4.69. The fourth-order valence-electron chi connectivity index (χ4n) is 1.67. The lowest BCUT2D eigenvalue weighted by atomic mass is 10.1. The van der Waals surface area contributed by atoms with E-state index in [0.29, 0.717) is 18.0 Å². The van der Waals surface area contributed by atoms with E-state index >= 15 is 0 Å². The number of rotatable bonds is 3. The van der Waals surface area contributed by atoms with Crippen molar-refractivity contribution in [3.8, 4) is 0 Å². The maximum absolute atomic E-state index is 6.03. The Balaban J connectivity index is 2.31. The number of hydrogen-bond acceptors (Lipinski definition) is 3. The van der Waals surface area contributed by atoms with E-state index in [-0.39, 0.29) is 0 Å². The molecule has 13 heavy (non-hydrogen) atoms. The van der Waals surface area contributed by atoms with Crippen LogP contribution in [-0.4, -0.2) is 48.7 Å². The molecule has 0 amide bonds. The molecule has 2 N–H and O–H groups in total. The molecule has 78 valence electrons. The molecule has 0 aliphatic carbocycles. The Labute approximate surface area is 81.9 Å². The minimum Gasteiger partial charge on any atom is -0.326 e. The second kappa shape index (κ2) is 4.40. The van der Waals surface area contributed by atoms with Gasteiger partial charge in [0.15, 0.2) is 0 Å². The third-order valence-electron chi connectivity index (χ3n) is 3.02. The molecule has 0 aromatic rings. The molecule has 1 saturated heterocycles. The zero-order valence-corrected chi connectivity index (χ0v) is 9.33. The van der Waals surface area contributed by atoms with E-state index in [1.54, 1.807) is 0 Å². The van der Waals surface area contributed by atoms with Crippen molar-refractivity contribution >= 4 is 0 Å². The maximum atomic E-state index is 6.03. The highest BCUT2D eigenvalue weighted by Crippen LogP contribution is 2.11. The Morgan fingerprint density at radius 3 is 2.46 bits per heavy atom. The Kier molecular flexibility index (Phi) is 3.71. The second-order valence-corrected chi connectivity index (χ2v) is 4.69. The summed E-state index contributed by atoms with van der Waals surface area (Å²) in [6, 6.07) is 0.998. The molecule has 0 aromatic carbocycles. The first-order chi connectivity index (χ1) is 6.00. The van der Waals surface area contributed by atoms with Gasteiger partial charge in [0, 0.05) is 25.2 Å². The summed E-state index contributed by atoms with van der Waals surface area (Å²) in [6.45, 7) is 9.91. The first-order valence-corrected chi connectivity index (χ1v) is 5.19. The van der Waals surface area contributed by atoms with Crippen molar-refractivity contribution in [2.45, 2.75) is 32.9 Å². The van der Waals surface area contributed by atoms with Gasteiger partial charge in [0.1, 0.15) is 0 Å². The van der Waals surface area contributed by atoms with Crippen LogP contribution in [0, 0.1) is 5.92 Å². The van der Waals surface area contributed by atoms with Crippen molar-refractivity contribution in [1.29, 1.82) is 0 Å². The number of nitrogens with zero attached hydrogens (tertiary/aromatic N) is 2. The van der Waals surface area contributed by atoms with Crippen LogP contribution in [0.25, 0.3) is 0 Å². The number of nitrogens with two attached hydrogens (primary N) is 1. The van der Waals surface area contributed by atoms with Gasteiger partial charge in [-0.2, -0.15) is 0 Å². The molecular weight excluding hydrogens is 162 g/mol. The van der Waals surface area contributed by atoms with Gasteiger partial charge >= 0.3 is 0 Å². The Morgan fingerprint density at radius 2 is 2.08 bits per heavy atom. The first-order valence-electron chi connectivity index (χ1n) is 5.19. The third-order valence-corrected chi connectivity index (χ3v) is 3.02. The summed E-state index contributed by atoms with van der Waals surface area (Å²) in [5.41, 5.74) is 6.03. The van der Waals surface area contributed by atoms with E-state index < -0.39 is 0 Å². The molecule has 0 saturated carbocycles. The lowest BCUT2D eigenvalue weighted by Gasteiger charge is -2.22. The maximum Gasteiger partial charge on any atom is 0.0507 e. The first kappa shape index (κ1) is 11.0. The molecule has 0 bridgehead atoms. The molecule has 3 heteroatoms. The molecule has 0 aromatic heterocycles. The summed E-state index contributed by atoms with van der Waals surface area (Å²) < 4.78 is 0. The zero-order valence-electron chi connectivity index (χ0n) is 9.33. The van der Waals surface area contributed by atoms with E-state index in [1.807, 2.05) is 0 Å². The highest BCUT2D eigenvalue weighted by molar-refractivity contribution is 4.80. The lowest BCUT2D eigenvalue weighted by molar-refractivity contribution is 0.239. The van der Waals surface area contributed by atoms with Gasteiger partial charge in [-0.3, -0.25) is 9.80 Å². The van der Waals surface area contributed by atoms with E-state index in [2.05, 4.69) is 37.6 Å². The number of likely N-dealkylation sites (N-methyl/N-ethyl adjacent to an activating group) is 1. The summed E-state index contributed by atoms with van der Waals surface area (Å²) in [5, 5.41) is 0. The van der Waals surface area contributed by atoms with Crippen molar-refractivity contribution < 1.29 is 0 Å². The standard InChI is InChI=1S/C10H23N3/c1-8(2)10(11)6-13-5-9(3)12(4)7-13/h8-10H,5-7,11H2,1-4H3. The van der Waals surface area contributed by atoms with Crippen LogP contribution in [0.15, 0.2) is 0 Å². The van der Waals surface area contributed by atoms with Gasteiger partial charge in [0.05, 0.1) is 6.67 Å². The van der Waals surface area contributed by atoms with Crippen LogP contribution < -0.4 is 5.73 Å². The van der Waals surface area contributed by atoms with Crippen molar-refractivity contribution in [3.63, 3.8) is 0 Å². The minimum absolute atomic E-state index is 0.318. The molecule has 0 spiro atoms. The molecular formula is C10H23N3. The predicted octanol–water partition coefficient (Wildman–Crippen LogP) is 0.563. The van der Waals surface area contributed by atoms with E-state index in [9.17, 15) is 0 Å². The Bertz CT molecular complexity index is 148. The van der Waals surface area contributed by atoms with Crippen molar-refractivity contribution in [3.05, 3.63) is 0 Å². The fraction of sp³-hybridized carbons (Fsp3) is 1.00. The molecule has 1 fully saturated rings. The average Bonchev–Trinajstić information content (AvgIpc) is 2.31. The average molecular weight is 185 g/mol. The topological polar surface area (TPSA) is 32.5 Å². The highest BCUT2D eigenvalue weighted by Gasteiger charge is 2.25. The fourth-order valence-corrected chi connectivity index (χ4v) is 1.67. The third kappa shape index (κ3) is 2.93. The molecule has 3 nitrogen and oxygen atoms in total. The van der Waals surface area contributed by atoms with Gasteiger partial charge in [-0.15, -0.1) is 0 Å². The molecule has 1 aliphatic heterocycles. The molecule has 1 rings (SSSR count). The normalized spacial score (nSPS) is 28.6. The van der Waals surface area contributed by atoms with Gasteiger partial charge in [0.25, 0.3) is 0 Å². The van der Waals surface area contributed by atoms with Crippen LogP contribution in [0.5, 0.6) is 0 Å². The SMILES string of the molecule is CC(C)C(N)CN1CC(C)N(C)C1. The lowest BCUT2D eigenvalue weighted by Crippen LogP contribution is -2.40. The van der Waals surface area contributed by atoms with E-state index in [0.717, 1.165) is 19.8 Å². The predicted molar refractivity (Wildman–Crippen MR) is 56.5 cm³/mol. The quantitative estimate of drug-likeness (QED) is 0.697. The van der Waals surface area contributed by atoms with Crippen molar-refractivity contribution in [1.82, 2.24) is 9.80 Å². The van der Waals surface area contributed by atoms with Gasteiger partial charge in [-0.1, -0.05) is 13.8 Å². The smallest absolute Gasteiger partial charge is 0.0507 e. The van der Waals surface area contributed by atoms with Crippen LogP contribution in [0.4, 0.5) is 0 Å². The van der Waals surface area contributed by atoms with Crippen LogP contribution in [0.1, 0.15) is 20.8 Å². The van der Waals surface area contributed by atoms with Crippen molar-refractivity contribution in [2.75, 3.05) is 26.8 Å². The van der Waals surface area contributed by atoms with Gasteiger partial charge in [-0.05, 0) is 19.9 Å². The van der Waals surface area contributed by atoms with Gasteiger partial charge in [0.2, 0.25) is 0 Å². The highest BCUT2D eigenvalue weighted by atomic mass is 15.4. The van der Waals surface area contributed by atoms with Crippen molar-refractivity contribution in [2.24, 2.45) is 11.7 Å². The van der Waals surface area contributed by atoms with Gasteiger partial charge in [-0.25, -0.2) is 0 Å². The summed E-state index contributed by atoms with van der Waals surface area (Å²) in [6.07, 6.45) is 0. The monoisotopic (exact) mass is 185 g/mol. The van der Waals surface area contributed by atoms with Gasteiger partial charge < -0.3 is 5.73 Å². The van der Waals surface area contributed by atoms with Crippen LogP contribution in [0.2, 0.25) is 0 Å². The molecule has 2 atom stereocenters. The minimum atomic E-state index is 0.318. The van der Waals surface area contributed by atoms with Crippen LogP contribution in [-0.2, 0) is 0 Å². The molecule has 1 heterocycles. The molecule has 2 unspecified atom stereocenters. The van der Waals surface area contributed by atoms with E-state index in [4.69, 9.17) is 5.73 Å². The zero-order chi connectivity index (χ0) is 10.0. The largest absolute Gasteiger partial charge is 0.326 e. The molecule has 1 aliphatic rings. The van der Waals surface area contributed by atoms with E-state index in [1.165, 1.54) is 0 Å². The van der Waals surface area contributed by atoms with Crippen LogP contribution in [0.3, 0.4) is 0 Å². The summed E-state index contributed by atoms with van der Waals surface area (Å²) in [5.74, 6) is 0.584.